The third kappa shape index (κ3) is 2.96. The number of benzene rings is 1. The molecule has 0 radical (unpaired) electrons. The predicted octanol–water partition coefficient (Wildman–Crippen LogP) is 2.50. The maximum absolute atomic E-state index is 11.9. The zero-order chi connectivity index (χ0) is 14.0. The van der Waals surface area contributed by atoms with Crippen LogP contribution in [0.25, 0.3) is 0 Å². The van der Waals surface area contributed by atoms with Gasteiger partial charge in [0.2, 0.25) is 0 Å². The van der Waals surface area contributed by atoms with Crippen LogP contribution in [0.15, 0.2) is 39.2 Å². The van der Waals surface area contributed by atoms with Crippen LogP contribution in [-0.4, -0.2) is 15.4 Å². The Hall–Kier alpha value is -1.80. The number of rotatable bonds is 2. The molecular formula is C11H8BrN3O3S. The van der Waals surface area contributed by atoms with E-state index in [0.29, 0.717) is 9.27 Å². The summed E-state index contributed by atoms with van der Waals surface area (Å²) in [4.78, 5) is 26.6. The lowest BCUT2D eigenvalue weighted by Crippen LogP contribution is -2.12. The molecule has 2 aromatic rings. The van der Waals surface area contributed by atoms with Crippen molar-refractivity contribution in [2.75, 3.05) is 0 Å². The molecule has 0 unspecified atom stereocenters. The van der Waals surface area contributed by atoms with Gasteiger partial charge < -0.3 is 4.57 Å². The predicted molar refractivity (Wildman–Crippen MR) is 74.0 cm³/mol. The zero-order valence-electron chi connectivity index (χ0n) is 9.74. The van der Waals surface area contributed by atoms with Crippen LogP contribution in [0.4, 0.5) is 5.69 Å². The van der Waals surface area contributed by atoms with E-state index in [1.807, 2.05) is 0 Å². The number of carbonyl (C=O) groups is 1. The Morgan fingerprint density at radius 1 is 1.53 bits per heavy atom. The van der Waals surface area contributed by atoms with E-state index in [4.69, 9.17) is 0 Å². The number of thiazole rings is 1. The molecule has 0 spiro atoms. The lowest BCUT2D eigenvalue weighted by atomic mass is 10.2. The minimum atomic E-state index is -0.550. The summed E-state index contributed by atoms with van der Waals surface area (Å²) in [5, 5.41) is 12.6. The van der Waals surface area contributed by atoms with Gasteiger partial charge in [-0.1, -0.05) is 0 Å². The van der Waals surface area contributed by atoms with Crippen molar-refractivity contribution < 1.29 is 9.72 Å². The molecule has 0 aliphatic heterocycles. The van der Waals surface area contributed by atoms with Crippen LogP contribution in [-0.2, 0) is 7.05 Å². The number of nitro benzene ring substituents is 1. The SMILES string of the molecule is Cn1ccsc1=NC(=O)c1ccc(Br)c([N+](=O)[O-])c1. The summed E-state index contributed by atoms with van der Waals surface area (Å²) in [5.74, 6) is -0.506. The van der Waals surface area contributed by atoms with Gasteiger partial charge in [-0.15, -0.1) is 11.3 Å². The van der Waals surface area contributed by atoms with Crippen LogP contribution < -0.4 is 4.80 Å². The number of nitro groups is 1. The Morgan fingerprint density at radius 2 is 2.26 bits per heavy atom. The van der Waals surface area contributed by atoms with Gasteiger partial charge >= 0.3 is 0 Å². The Bertz CT molecular complexity index is 720. The van der Waals surface area contributed by atoms with Crippen molar-refractivity contribution in [1.82, 2.24) is 4.57 Å². The molecule has 19 heavy (non-hydrogen) atoms. The molecule has 8 heteroatoms. The third-order valence-electron chi connectivity index (χ3n) is 2.35. The molecule has 0 bridgehead atoms. The highest BCUT2D eigenvalue weighted by Crippen LogP contribution is 2.25. The molecule has 0 saturated carbocycles. The second kappa shape index (κ2) is 5.45. The summed E-state index contributed by atoms with van der Waals surface area (Å²) in [5.41, 5.74) is 0.0277. The average molecular weight is 342 g/mol. The first kappa shape index (κ1) is 13.6. The van der Waals surface area contributed by atoms with E-state index >= 15 is 0 Å². The van der Waals surface area contributed by atoms with Gasteiger partial charge in [0.05, 0.1) is 9.40 Å². The highest BCUT2D eigenvalue weighted by Gasteiger charge is 2.15. The number of aromatic nitrogens is 1. The van der Waals surface area contributed by atoms with Crippen molar-refractivity contribution >= 4 is 38.9 Å². The second-order valence-electron chi connectivity index (χ2n) is 3.64. The van der Waals surface area contributed by atoms with Gasteiger partial charge in [-0.25, -0.2) is 0 Å². The fourth-order valence-corrected chi connectivity index (χ4v) is 2.49. The first-order chi connectivity index (χ1) is 8.99. The molecule has 2 rings (SSSR count). The Morgan fingerprint density at radius 3 is 2.84 bits per heavy atom. The Kier molecular flexibility index (Phi) is 3.91. The van der Waals surface area contributed by atoms with E-state index in [0.717, 1.165) is 0 Å². The lowest BCUT2D eigenvalue weighted by Gasteiger charge is -1.98. The molecule has 0 atom stereocenters. The molecular weight excluding hydrogens is 334 g/mol. The molecule has 98 valence electrons. The van der Waals surface area contributed by atoms with Crippen molar-refractivity contribution in [1.29, 1.82) is 0 Å². The number of halogens is 1. The monoisotopic (exact) mass is 341 g/mol. The Labute approximate surface area is 120 Å². The summed E-state index contributed by atoms with van der Waals surface area (Å²) in [6.07, 6.45) is 1.78. The van der Waals surface area contributed by atoms with E-state index in [2.05, 4.69) is 20.9 Å². The highest BCUT2D eigenvalue weighted by molar-refractivity contribution is 9.10. The fraction of sp³-hybridized carbons (Fsp3) is 0.0909. The minimum Gasteiger partial charge on any atom is -0.327 e. The quantitative estimate of drug-likeness (QED) is 0.621. The second-order valence-corrected chi connectivity index (χ2v) is 5.36. The summed E-state index contributed by atoms with van der Waals surface area (Å²) >= 11 is 4.39. The van der Waals surface area contributed by atoms with Crippen LogP contribution in [0.3, 0.4) is 0 Å². The van der Waals surface area contributed by atoms with Crippen molar-refractivity contribution in [2.24, 2.45) is 12.0 Å². The molecule has 1 aromatic heterocycles. The summed E-state index contributed by atoms with van der Waals surface area (Å²) in [6, 6.07) is 4.18. The molecule has 0 N–H and O–H groups in total. The normalized spacial score (nSPS) is 11.6. The van der Waals surface area contributed by atoms with Crippen molar-refractivity contribution in [3.63, 3.8) is 0 Å². The zero-order valence-corrected chi connectivity index (χ0v) is 12.1. The lowest BCUT2D eigenvalue weighted by molar-refractivity contribution is -0.385. The van der Waals surface area contributed by atoms with E-state index in [-0.39, 0.29) is 11.3 Å². The van der Waals surface area contributed by atoms with E-state index in [9.17, 15) is 14.9 Å². The van der Waals surface area contributed by atoms with Crippen molar-refractivity contribution in [2.45, 2.75) is 0 Å². The maximum atomic E-state index is 11.9. The van der Waals surface area contributed by atoms with Crippen LogP contribution in [0.2, 0.25) is 0 Å². The number of hydrogen-bond acceptors (Lipinski definition) is 4. The maximum Gasteiger partial charge on any atom is 0.284 e. The third-order valence-corrected chi connectivity index (χ3v) is 3.87. The summed E-state index contributed by atoms with van der Waals surface area (Å²) < 4.78 is 2.03. The number of hydrogen-bond donors (Lipinski definition) is 0. The minimum absolute atomic E-state index is 0.156. The van der Waals surface area contributed by atoms with Gasteiger partial charge in [0.25, 0.3) is 11.6 Å². The topological polar surface area (TPSA) is 77.5 Å². The number of nitrogens with zero attached hydrogens (tertiary/aromatic N) is 3. The molecule has 6 nitrogen and oxygen atoms in total. The number of aryl methyl sites for hydroxylation is 1. The van der Waals surface area contributed by atoms with Crippen molar-refractivity contribution in [3.8, 4) is 0 Å². The standard InChI is InChI=1S/C11H8BrN3O3S/c1-14-4-5-19-11(14)13-10(16)7-2-3-8(12)9(6-7)15(17)18/h2-6H,1H3. The smallest absolute Gasteiger partial charge is 0.284 e. The fourth-order valence-electron chi connectivity index (χ4n) is 1.37. The van der Waals surface area contributed by atoms with Crippen LogP contribution in [0.1, 0.15) is 10.4 Å². The van der Waals surface area contributed by atoms with Crippen LogP contribution in [0, 0.1) is 10.1 Å². The molecule has 1 heterocycles. The van der Waals surface area contributed by atoms with Crippen LogP contribution >= 0.6 is 27.3 Å². The van der Waals surface area contributed by atoms with Gasteiger partial charge in [-0.3, -0.25) is 14.9 Å². The van der Waals surface area contributed by atoms with Gasteiger partial charge in [0.15, 0.2) is 4.80 Å². The molecule has 1 aromatic carbocycles. The molecule has 0 aliphatic carbocycles. The van der Waals surface area contributed by atoms with E-state index < -0.39 is 10.8 Å². The molecule has 0 aliphatic rings. The van der Waals surface area contributed by atoms with Gasteiger partial charge in [-0.2, -0.15) is 4.99 Å². The molecule has 0 fully saturated rings. The molecule has 0 saturated heterocycles. The number of amides is 1. The number of carbonyl (C=O) groups excluding carboxylic acids is 1. The van der Waals surface area contributed by atoms with Gasteiger partial charge in [0.1, 0.15) is 0 Å². The summed E-state index contributed by atoms with van der Waals surface area (Å²) in [7, 11) is 1.77. The molecule has 1 amide bonds. The van der Waals surface area contributed by atoms with E-state index in [1.54, 1.807) is 23.2 Å². The summed E-state index contributed by atoms with van der Waals surface area (Å²) in [6.45, 7) is 0. The van der Waals surface area contributed by atoms with Gasteiger partial charge in [-0.05, 0) is 28.1 Å². The van der Waals surface area contributed by atoms with Crippen LogP contribution in [0.5, 0.6) is 0 Å². The van der Waals surface area contributed by atoms with Gasteiger partial charge in [0, 0.05) is 30.3 Å². The Balaban J connectivity index is 2.44. The highest BCUT2D eigenvalue weighted by atomic mass is 79.9. The first-order valence-corrected chi connectivity index (χ1v) is 6.79. The largest absolute Gasteiger partial charge is 0.327 e. The van der Waals surface area contributed by atoms with Crippen molar-refractivity contribution in [3.05, 3.63) is 54.7 Å². The average Bonchev–Trinajstić information content (AvgIpc) is 2.75. The van der Waals surface area contributed by atoms with E-state index in [1.165, 1.54) is 29.5 Å². The first-order valence-electron chi connectivity index (χ1n) is 5.12.